The van der Waals surface area contributed by atoms with Crippen molar-refractivity contribution in [3.63, 3.8) is 0 Å². The molecule has 5 atom stereocenters. The molecule has 0 saturated carbocycles. The zero-order chi connectivity index (χ0) is 25.3. The number of nitrogens with zero attached hydrogens (tertiary/aromatic N) is 2. The number of carboxylic acids is 1. The maximum atomic E-state index is 13.2. The number of hydrogen-bond acceptors (Lipinski definition) is 7. The average molecular weight is 477 g/mol. The van der Waals surface area contributed by atoms with E-state index in [-0.39, 0.29) is 18.8 Å². The highest BCUT2D eigenvalue weighted by Crippen LogP contribution is 2.10. The van der Waals surface area contributed by atoms with Gasteiger partial charge in [0.2, 0.25) is 17.7 Å². The van der Waals surface area contributed by atoms with Gasteiger partial charge in [-0.1, -0.05) is 20.3 Å². The summed E-state index contributed by atoms with van der Waals surface area (Å²) in [6.07, 6.45) is 6.51. The number of hydrogen-bond donors (Lipinski definition) is 7. The van der Waals surface area contributed by atoms with E-state index in [1.54, 1.807) is 6.92 Å². The first kappa shape index (κ1) is 26.5. The summed E-state index contributed by atoms with van der Waals surface area (Å²) in [7, 11) is 0. The van der Waals surface area contributed by atoms with Crippen LogP contribution in [0, 0.1) is 5.92 Å². The highest BCUT2D eigenvalue weighted by Gasteiger charge is 2.32. The molecule has 8 N–H and O–H groups in total. The molecule has 0 bridgehead atoms. The minimum atomic E-state index is -1.17. The second kappa shape index (κ2) is 12.5. The van der Waals surface area contributed by atoms with Gasteiger partial charge >= 0.3 is 5.97 Å². The van der Waals surface area contributed by atoms with Gasteiger partial charge in [0.25, 0.3) is 0 Å². The lowest BCUT2D eigenvalue weighted by Gasteiger charge is -2.26. The van der Waals surface area contributed by atoms with Gasteiger partial charge in [-0.15, -0.1) is 0 Å². The van der Waals surface area contributed by atoms with E-state index in [0.29, 0.717) is 17.8 Å². The van der Waals surface area contributed by atoms with E-state index in [0.717, 1.165) is 0 Å². The largest absolute Gasteiger partial charge is 0.480 e. The van der Waals surface area contributed by atoms with E-state index < -0.39 is 47.9 Å². The Bertz CT molecular complexity index is 945. The Balaban J connectivity index is 2.23. The number of aromatic amines is 2. The fraction of sp³-hybridized carbons (Fsp3) is 0.524. The third-order valence-corrected chi connectivity index (χ3v) is 5.41. The number of carboxylic acid groups (broad SMARTS) is 1. The van der Waals surface area contributed by atoms with Crippen LogP contribution in [0.5, 0.6) is 0 Å². The highest BCUT2D eigenvalue weighted by atomic mass is 16.4. The van der Waals surface area contributed by atoms with Crippen LogP contribution in [0.1, 0.15) is 38.6 Å². The van der Waals surface area contributed by atoms with Crippen molar-refractivity contribution in [3.8, 4) is 0 Å². The number of H-pyrrole nitrogens is 2. The van der Waals surface area contributed by atoms with Crippen molar-refractivity contribution in [2.24, 2.45) is 11.7 Å². The number of carbonyl (C=O) groups excluding carboxylic acids is 3. The first-order chi connectivity index (χ1) is 16.1. The van der Waals surface area contributed by atoms with Crippen molar-refractivity contribution in [2.75, 3.05) is 0 Å². The highest BCUT2D eigenvalue weighted by molar-refractivity contribution is 5.94. The van der Waals surface area contributed by atoms with Crippen LogP contribution in [0.4, 0.5) is 0 Å². The molecular formula is C21H32N8O5. The van der Waals surface area contributed by atoms with Crippen LogP contribution in [-0.4, -0.2) is 72.9 Å². The van der Waals surface area contributed by atoms with E-state index in [1.165, 1.54) is 32.0 Å². The summed E-state index contributed by atoms with van der Waals surface area (Å²) < 4.78 is 0. The average Bonchev–Trinajstić information content (AvgIpc) is 3.49. The predicted molar refractivity (Wildman–Crippen MR) is 121 cm³/mol. The van der Waals surface area contributed by atoms with Crippen LogP contribution in [-0.2, 0) is 32.0 Å². The quantitative estimate of drug-likeness (QED) is 0.187. The Labute approximate surface area is 196 Å². The van der Waals surface area contributed by atoms with Crippen LogP contribution >= 0.6 is 0 Å². The molecule has 0 spiro atoms. The molecule has 3 amide bonds. The number of aliphatic carboxylic acids is 1. The zero-order valence-electron chi connectivity index (χ0n) is 19.4. The second-order valence-electron chi connectivity index (χ2n) is 8.18. The Morgan fingerprint density at radius 3 is 1.76 bits per heavy atom. The van der Waals surface area contributed by atoms with Gasteiger partial charge in [0.1, 0.15) is 18.1 Å². The SMILES string of the molecule is CCC(C)C(NC(=O)C(Cc1cnc[nH]1)NC(=O)C(Cc1cnc[nH]1)NC(=O)C(C)N)C(=O)O. The lowest BCUT2D eigenvalue weighted by Crippen LogP contribution is -2.58. The van der Waals surface area contributed by atoms with Gasteiger partial charge in [0.05, 0.1) is 18.7 Å². The molecule has 5 unspecified atom stereocenters. The molecule has 0 radical (unpaired) electrons. The summed E-state index contributed by atoms with van der Waals surface area (Å²) in [5.41, 5.74) is 6.77. The lowest BCUT2D eigenvalue weighted by molar-refractivity contribution is -0.143. The molecule has 0 aromatic carbocycles. The third kappa shape index (κ3) is 7.69. The van der Waals surface area contributed by atoms with E-state index >= 15 is 0 Å². The molecule has 2 rings (SSSR count). The van der Waals surface area contributed by atoms with Gasteiger partial charge in [-0.25, -0.2) is 14.8 Å². The minimum Gasteiger partial charge on any atom is -0.480 e. The van der Waals surface area contributed by atoms with Crippen LogP contribution < -0.4 is 21.7 Å². The maximum absolute atomic E-state index is 13.2. The molecule has 34 heavy (non-hydrogen) atoms. The first-order valence-corrected chi connectivity index (χ1v) is 11.0. The van der Waals surface area contributed by atoms with Crippen molar-refractivity contribution >= 4 is 23.7 Å². The number of imidazole rings is 2. The van der Waals surface area contributed by atoms with Gasteiger partial charge < -0.3 is 36.8 Å². The number of nitrogens with one attached hydrogen (secondary N) is 5. The molecule has 2 heterocycles. The first-order valence-electron chi connectivity index (χ1n) is 11.0. The van der Waals surface area contributed by atoms with Crippen LogP contribution in [0.15, 0.2) is 25.0 Å². The topological polar surface area (TPSA) is 208 Å². The molecular weight excluding hydrogens is 444 g/mol. The Morgan fingerprint density at radius 2 is 1.38 bits per heavy atom. The molecule has 0 fully saturated rings. The van der Waals surface area contributed by atoms with Crippen LogP contribution in [0.2, 0.25) is 0 Å². The van der Waals surface area contributed by atoms with E-state index in [1.807, 2.05) is 6.92 Å². The Kier molecular flexibility index (Phi) is 9.74. The molecule has 2 aromatic rings. The van der Waals surface area contributed by atoms with Crippen LogP contribution in [0.3, 0.4) is 0 Å². The van der Waals surface area contributed by atoms with Crippen LogP contribution in [0.25, 0.3) is 0 Å². The fourth-order valence-corrected chi connectivity index (χ4v) is 3.16. The molecule has 0 aliphatic heterocycles. The van der Waals surface area contributed by atoms with Gasteiger partial charge in [0, 0.05) is 36.6 Å². The van der Waals surface area contributed by atoms with Gasteiger partial charge in [-0.2, -0.15) is 0 Å². The zero-order valence-corrected chi connectivity index (χ0v) is 19.4. The number of amides is 3. The molecule has 0 aliphatic carbocycles. The predicted octanol–water partition coefficient (Wildman–Crippen LogP) is -1.15. The van der Waals surface area contributed by atoms with E-state index in [9.17, 15) is 24.3 Å². The second-order valence-corrected chi connectivity index (χ2v) is 8.18. The minimum absolute atomic E-state index is 0.0302. The summed E-state index contributed by atoms with van der Waals surface area (Å²) >= 11 is 0. The van der Waals surface area contributed by atoms with E-state index in [2.05, 4.69) is 35.9 Å². The smallest absolute Gasteiger partial charge is 0.326 e. The van der Waals surface area contributed by atoms with Crippen molar-refractivity contribution in [1.82, 2.24) is 35.9 Å². The Hall–Kier alpha value is -3.74. The molecule has 0 saturated heterocycles. The summed E-state index contributed by atoms with van der Waals surface area (Å²) in [6, 6.07) is -4.17. The number of aromatic nitrogens is 4. The molecule has 13 nitrogen and oxygen atoms in total. The summed E-state index contributed by atoms with van der Waals surface area (Å²) in [5.74, 6) is -3.36. The van der Waals surface area contributed by atoms with Crippen molar-refractivity contribution in [2.45, 2.75) is 64.2 Å². The summed E-state index contributed by atoms with van der Waals surface area (Å²) in [6.45, 7) is 5.01. The number of nitrogens with two attached hydrogens (primary N) is 1. The lowest BCUT2D eigenvalue weighted by atomic mass is 9.98. The summed E-state index contributed by atoms with van der Waals surface area (Å²) in [5, 5.41) is 17.3. The normalized spacial score (nSPS) is 15.4. The molecule has 2 aromatic heterocycles. The van der Waals surface area contributed by atoms with E-state index in [4.69, 9.17) is 5.73 Å². The number of rotatable bonds is 13. The summed E-state index contributed by atoms with van der Waals surface area (Å²) in [4.78, 5) is 63.6. The van der Waals surface area contributed by atoms with Crippen molar-refractivity contribution < 1.29 is 24.3 Å². The molecule has 186 valence electrons. The van der Waals surface area contributed by atoms with Gasteiger partial charge in [0.15, 0.2) is 0 Å². The standard InChI is InChI=1S/C21H32N8O5/c1-4-11(2)17(21(33)34)29-20(32)16(6-14-8-24-10-26-14)28-19(31)15(27-18(30)12(3)22)5-13-7-23-9-25-13/h7-12,15-17H,4-6,22H2,1-3H3,(H,23,25)(H,24,26)(H,27,30)(H,28,31)(H,29,32)(H,33,34). The molecule has 13 heteroatoms. The van der Waals surface area contributed by atoms with Gasteiger partial charge in [-0.05, 0) is 12.8 Å². The van der Waals surface area contributed by atoms with Crippen molar-refractivity contribution in [3.05, 3.63) is 36.4 Å². The fourth-order valence-electron chi connectivity index (χ4n) is 3.16. The van der Waals surface area contributed by atoms with Gasteiger partial charge in [-0.3, -0.25) is 14.4 Å². The monoisotopic (exact) mass is 476 g/mol. The third-order valence-electron chi connectivity index (χ3n) is 5.41. The number of carbonyl (C=O) groups is 4. The molecule has 0 aliphatic rings. The Morgan fingerprint density at radius 1 is 0.912 bits per heavy atom. The maximum Gasteiger partial charge on any atom is 0.326 e. The van der Waals surface area contributed by atoms with Crippen molar-refractivity contribution in [1.29, 1.82) is 0 Å².